The number of benzene rings is 2. The molecule has 6 heteroatoms. The summed E-state index contributed by atoms with van der Waals surface area (Å²) in [4.78, 5) is 28.2. The van der Waals surface area contributed by atoms with Crippen molar-refractivity contribution in [3.8, 4) is 11.5 Å². The number of para-hydroxylation sites is 2. The lowest BCUT2D eigenvalue weighted by Crippen LogP contribution is -2.49. The van der Waals surface area contributed by atoms with Crippen LogP contribution in [0.15, 0.2) is 42.5 Å². The number of ether oxygens (including phenoxy) is 2. The third kappa shape index (κ3) is 4.44. The van der Waals surface area contributed by atoms with Crippen LogP contribution < -0.4 is 14.4 Å². The second-order valence-corrected chi connectivity index (χ2v) is 7.14. The van der Waals surface area contributed by atoms with E-state index in [0.717, 1.165) is 16.9 Å². The second-order valence-electron chi connectivity index (χ2n) is 7.14. The Hall–Kier alpha value is -3.02. The molecule has 1 atom stereocenters. The van der Waals surface area contributed by atoms with Gasteiger partial charge < -0.3 is 14.4 Å². The number of carbonyl (C=O) groups is 2. The molecule has 1 aliphatic rings. The summed E-state index contributed by atoms with van der Waals surface area (Å²) in [5.74, 6) is 1.04. The van der Waals surface area contributed by atoms with Gasteiger partial charge in [0, 0.05) is 7.05 Å². The van der Waals surface area contributed by atoms with Gasteiger partial charge in [0.1, 0.15) is 24.7 Å². The zero-order chi connectivity index (χ0) is 20.3. The summed E-state index contributed by atoms with van der Waals surface area (Å²) in [6.07, 6.45) is -0.610. The first kappa shape index (κ1) is 19.7. The van der Waals surface area contributed by atoms with Gasteiger partial charge in [-0.3, -0.25) is 14.5 Å². The van der Waals surface area contributed by atoms with E-state index in [1.807, 2.05) is 38.1 Å². The predicted molar refractivity (Wildman–Crippen MR) is 108 cm³/mol. The molecule has 1 aliphatic heterocycles. The average Bonchev–Trinajstić information content (AvgIpc) is 2.64. The first-order valence-corrected chi connectivity index (χ1v) is 9.37. The van der Waals surface area contributed by atoms with Crippen molar-refractivity contribution in [2.75, 3.05) is 31.6 Å². The monoisotopic (exact) mass is 382 g/mol. The van der Waals surface area contributed by atoms with Gasteiger partial charge >= 0.3 is 0 Å². The highest BCUT2D eigenvalue weighted by Gasteiger charge is 2.32. The summed E-state index contributed by atoms with van der Waals surface area (Å²) in [6.45, 7) is 6.53. The summed E-state index contributed by atoms with van der Waals surface area (Å²) < 4.78 is 11.4. The Labute approximate surface area is 165 Å². The van der Waals surface area contributed by atoms with Crippen molar-refractivity contribution < 1.29 is 19.1 Å². The Bertz CT molecular complexity index is 860. The maximum Gasteiger partial charge on any atom is 0.268 e. The number of anilines is 1. The number of fused-ring (bicyclic) bond motifs is 1. The zero-order valence-electron chi connectivity index (χ0n) is 16.8. The molecule has 1 unspecified atom stereocenters. The number of rotatable bonds is 6. The molecule has 28 heavy (non-hydrogen) atoms. The van der Waals surface area contributed by atoms with E-state index in [1.165, 1.54) is 4.90 Å². The summed E-state index contributed by atoms with van der Waals surface area (Å²) in [6, 6.07) is 13.3. The molecule has 0 saturated heterocycles. The minimum Gasteiger partial charge on any atom is -0.492 e. The first-order chi connectivity index (χ1) is 13.3. The lowest BCUT2D eigenvalue weighted by molar-refractivity contribution is -0.132. The van der Waals surface area contributed by atoms with Crippen LogP contribution >= 0.6 is 0 Å². The highest BCUT2D eigenvalue weighted by molar-refractivity contribution is 6.03. The van der Waals surface area contributed by atoms with Crippen LogP contribution in [0.3, 0.4) is 0 Å². The fourth-order valence-corrected chi connectivity index (χ4v) is 3.22. The van der Waals surface area contributed by atoms with Crippen LogP contribution in [0.2, 0.25) is 0 Å². The van der Waals surface area contributed by atoms with Crippen LogP contribution in [-0.4, -0.2) is 49.6 Å². The number of amides is 2. The number of hydrogen-bond donors (Lipinski definition) is 0. The van der Waals surface area contributed by atoms with Crippen LogP contribution in [0.1, 0.15) is 18.1 Å². The minimum absolute atomic E-state index is 0.0242. The quantitative estimate of drug-likeness (QED) is 0.771. The Kier molecular flexibility index (Phi) is 5.87. The highest BCUT2D eigenvalue weighted by atomic mass is 16.5. The van der Waals surface area contributed by atoms with Crippen LogP contribution in [0.5, 0.6) is 11.5 Å². The van der Waals surface area contributed by atoms with Gasteiger partial charge in [-0.2, -0.15) is 0 Å². The number of nitrogens with zero attached hydrogens (tertiary/aromatic N) is 2. The zero-order valence-corrected chi connectivity index (χ0v) is 16.8. The van der Waals surface area contributed by atoms with E-state index in [-0.39, 0.29) is 18.4 Å². The lowest BCUT2D eigenvalue weighted by Gasteiger charge is -2.33. The van der Waals surface area contributed by atoms with Crippen molar-refractivity contribution in [2.45, 2.75) is 26.9 Å². The van der Waals surface area contributed by atoms with Gasteiger partial charge in [-0.25, -0.2) is 0 Å². The molecule has 0 bridgehead atoms. The van der Waals surface area contributed by atoms with Crippen molar-refractivity contribution in [2.24, 2.45) is 0 Å². The molecular formula is C22H26N2O4. The SMILES string of the molecule is Cc1cc(C)cc(OCCN(C)C(=O)CN2C(=O)C(C)Oc3ccccc32)c1. The molecule has 6 nitrogen and oxygen atoms in total. The van der Waals surface area contributed by atoms with Gasteiger partial charge in [0.25, 0.3) is 5.91 Å². The Balaban J connectivity index is 1.59. The van der Waals surface area contributed by atoms with Crippen molar-refractivity contribution >= 4 is 17.5 Å². The van der Waals surface area contributed by atoms with Gasteiger partial charge in [0.05, 0.1) is 12.2 Å². The molecule has 1 heterocycles. The molecule has 0 N–H and O–H groups in total. The van der Waals surface area contributed by atoms with Crippen molar-refractivity contribution in [1.29, 1.82) is 0 Å². The van der Waals surface area contributed by atoms with Crippen molar-refractivity contribution in [1.82, 2.24) is 4.90 Å². The number of aryl methyl sites for hydroxylation is 2. The van der Waals surface area contributed by atoms with Crippen LogP contribution in [0.4, 0.5) is 5.69 Å². The molecule has 2 aromatic carbocycles. The molecule has 2 amide bonds. The summed E-state index contributed by atoms with van der Waals surface area (Å²) >= 11 is 0. The van der Waals surface area contributed by atoms with Gasteiger partial charge in [0.15, 0.2) is 6.10 Å². The van der Waals surface area contributed by atoms with E-state index >= 15 is 0 Å². The fraction of sp³-hybridized carbons (Fsp3) is 0.364. The summed E-state index contributed by atoms with van der Waals surface area (Å²) in [5, 5.41) is 0. The van der Waals surface area contributed by atoms with Gasteiger partial charge in [0.2, 0.25) is 5.91 Å². The lowest BCUT2D eigenvalue weighted by atomic mass is 10.1. The second kappa shape index (κ2) is 8.33. The molecule has 3 rings (SSSR count). The average molecular weight is 382 g/mol. The van der Waals surface area contributed by atoms with Gasteiger partial charge in [-0.1, -0.05) is 18.2 Å². The molecule has 0 aromatic heterocycles. The third-order valence-electron chi connectivity index (χ3n) is 4.68. The summed E-state index contributed by atoms with van der Waals surface area (Å²) in [7, 11) is 1.72. The fourth-order valence-electron chi connectivity index (χ4n) is 3.22. The summed E-state index contributed by atoms with van der Waals surface area (Å²) in [5.41, 5.74) is 2.90. The van der Waals surface area contributed by atoms with Gasteiger partial charge in [-0.05, 0) is 56.2 Å². The minimum atomic E-state index is -0.610. The predicted octanol–water partition coefficient (Wildman–Crippen LogP) is 2.95. The molecule has 0 spiro atoms. The molecule has 0 saturated carbocycles. The largest absolute Gasteiger partial charge is 0.492 e. The molecule has 148 valence electrons. The van der Waals surface area contributed by atoms with E-state index in [0.29, 0.717) is 24.6 Å². The van der Waals surface area contributed by atoms with Crippen LogP contribution in [-0.2, 0) is 9.59 Å². The first-order valence-electron chi connectivity index (χ1n) is 9.37. The van der Waals surface area contributed by atoms with Crippen LogP contribution in [0, 0.1) is 13.8 Å². The highest BCUT2D eigenvalue weighted by Crippen LogP contribution is 2.33. The van der Waals surface area contributed by atoms with E-state index in [1.54, 1.807) is 31.0 Å². The van der Waals surface area contributed by atoms with Crippen molar-refractivity contribution in [3.63, 3.8) is 0 Å². The Morgan fingerprint density at radius 1 is 1.18 bits per heavy atom. The molecule has 0 fully saturated rings. The number of carbonyl (C=O) groups excluding carboxylic acids is 2. The number of likely N-dealkylation sites (N-methyl/N-ethyl adjacent to an activating group) is 1. The molecule has 0 aliphatic carbocycles. The topological polar surface area (TPSA) is 59.1 Å². The molecule has 2 aromatic rings. The normalized spacial score (nSPS) is 15.6. The maximum atomic E-state index is 12.7. The number of hydrogen-bond acceptors (Lipinski definition) is 4. The standard InChI is InChI=1S/C22H26N2O4/c1-15-11-16(2)13-18(12-15)27-10-9-23(4)21(25)14-24-19-7-5-6-8-20(19)28-17(3)22(24)26/h5-8,11-13,17H,9-10,14H2,1-4H3. The smallest absolute Gasteiger partial charge is 0.268 e. The maximum absolute atomic E-state index is 12.7. The van der Waals surface area contributed by atoms with Crippen LogP contribution in [0.25, 0.3) is 0 Å². The third-order valence-corrected chi connectivity index (χ3v) is 4.68. The Morgan fingerprint density at radius 2 is 1.86 bits per heavy atom. The Morgan fingerprint density at radius 3 is 2.57 bits per heavy atom. The van der Waals surface area contributed by atoms with Crippen molar-refractivity contribution in [3.05, 3.63) is 53.6 Å². The van der Waals surface area contributed by atoms with E-state index in [2.05, 4.69) is 6.07 Å². The molecular weight excluding hydrogens is 356 g/mol. The van der Waals surface area contributed by atoms with E-state index in [9.17, 15) is 9.59 Å². The van der Waals surface area contributed by atoms with E-state index < -0.39 is 6.10 Å². The van der Waals surface area contributed by atoms with E-state index in [4.69, 9.17) is 9.47 Å². The van der Waals surface area contributed by atoms with Gasteiger partial charge in [-0.15, -0.1) is 0 Å². The molecule has 0 radical (unpaired) electrons.